The van der Waals surface area contributed by atoms with Crippen LogP contribution in [0.3, 0.4) is 0 Å². The van der Waals surface area contributed by atoms with Gasteiger partial charge in [0.1, 0.15) is 5.69 Å². The van der Waals surface area contributed by atoms with Crippen LogP contribution >= 0.6 is 0 Å². The maximum absolute atomic E-state index is 11.6. The summed E-state index contributed by atoms with van der Waals surface area (Å²) in [6.45, 7) is 2.09. The summed E-state index contributed by atoms with van der Waals surface area (Å²) in [5.41, 5.74) is 6.96. The van der Waals surface area contributed by atoms with Crippen molar-refractivity contribution in [3.8, 4) is 11.8 Å². The quantitative estimate of drug-likeness (QED) is 0.655. The fourth-order valence-electron chi connectivity index (χ4n) is 1.76. The molecule has 0 atom stereocenters. The summed E-state index contributed by atoms with van der Waals surface area (Å²) in [5, 5.41) is 0.897. The average molecular weight is 270 g/mol. The molecule has 0 aliphatic heterocycles. The Labute approximate surface area is 116 Å². The number of esters is 1. The average Bonchev–Trinajstić information content (AvgIpc) is 2.81. The number of H-pyrrole nitrogens is 1. The molecule has 0 aliphatic rings. The third kappa shape index (κ3) is 3.18. The summed E-state index contributed by atoms with van der Waals surface area (Å²) < 4.78 is 4.93. The first-order valence-corrected chi connectivity index (χ1v) is 6.17. The highest BCUT2D eigenvalue weighted by molar-refractivity contribution is 5.95. The van der Waals surface area contributed by atoms with Gasteiger partial charge in [-0.1, -0.05) is 17.9 Å². The predicted molar refractivity (Wildman–Crippen MR) is 74.9 cm³/mol. The second-order valence-corrected chi connectivity index (χ2v) is 4.15. The van der Waals surface area contributed by atoms with Gasteiger partial charge in [-0.2, -0.15) is 0 Å². The monoisotopic (exact) mass is 270 g/mol. The first-order valence-electron chi connectivity index (χ1n) is 6.17. The lowest BCUT2D eigenvalue weighted by Gasteiger charge is -1.96. The van der Waals surface area contributed by atoms with E-state index in [-0.39, 0.29) is 12.4 Å². The molecular formula is C15H14N2O3. The number of aromatic amines is 1. The Morgan fingerprint density at radius 3 is 2.85 bits per heavy atom. The van der Waals surface area contributed by atoms with E-state index in [0.29, 0.717) is 12.3 Å². The van der Waals surface area contributed by atoms with E-state index in [9.17, 15) is 9.59 Å². The van der Waals surface area contributed by atoms with E-state index in [0.717, 1.165) is 16.5 Å². The number of hydrogen-bond acceptors (Lipinski definition) is 3. The van der Waals surface area contributed by atoms with Crippen LogP contribution in [-0.4, -0.2) is 23.5 Å². The SMILES string of the molecule is CCOC(=O)c1cc2ccc(C#CCC(N)=O)cc2[nH]1. The lowest BCUT2D eigenvalue weighted by molar-refractivity contribution is -0.117. The summed E-state index contributed by atoms with van der Waals surface area (Å²) in [7, 11) is 0. The van der Waals surface area contributed by atoms with Crippen LogP contribution in [0.1, 0.15) is 29.4 Å². The molecule has 5 nitrogen and oxygen atoms in total. The number of rotatable bonds is 3. The normalized spacial score (nSPS) is 9.85. The number of amides is 1. The highest BCUT2D eigenvalue weighted by Crippen LogP contribution is 2.17. The number of carbonyl (C=O) groups is 2. The molecule has 1 amide bonds. The summed E-state index contributed by atoms with van der Waals surface area (Å²) in [4.78, 5) is 25.2. The largest absolute Gasteiger partial charge is 0.461 e. The van der Waals surface area contributed by atoms with E-state index >= 15 is 0 Å². The minimum absolute atomic E-state index is 0.0246. The number of carbonyl (C=O) groups excluding carboxylic acids is 2. The molecule has 0 unspecified atom stereocenters. The van der Waals surface area contributed by atoms with Crippen LogP contribution in [0.5, 0.6) is 0 Å². The summed E-state index contributed by atoms with van der Waals surface area (Å²) in [6.07, 6.45) is 0.0246. The van der Waals surface area contributed by atoms with Crippen molar-refractivity contribution in [2.24, 2.45) is 5.73 Å². The van der Waals surface area contributed by atoms with Gasteiger partial charge in [0, 0.05) is 16.5 Å². The van der Waals surface area contributed by atoms with Crippen LogP contribution in [0.4, 0.5) is 0 Å². The van der Waals surface area contributed by atoms with Crippen molar-refractivity contribution in [1.82, 2.24) is 4.98 Å². The smallest absolute Gasteiger partial charge is 0.354 e. The van der Waals surface area contributed by atoms with E-state index in [1.54, 1.807) is 13.0 Å². The molecule has 0 saturated carbocycles. The molecule has 20 heavy (non-hydrogen) atoms. The molecule has 102 valence electrons. The maximum atomic E-state index is 11.6. The Bertz CT molecular complexity index is 720. The van der Waals surface area contributed by atoms with Crippen molar-refractivity contribution < 1.29 is 14.3 Å². The molecular weight excluding hydrogens is 256 g/mol. The van der Waals surface area contributed by atoms with E-state index in [2.05, 4.69) is 16.8 Å². The van der Waals surface area contributed by atoms with Crippen molar-refractivity contribution in [2.75, 3.05) is 6.61 Å². The summed E-state index contributed by atoms with van der Waals surface area (Å²) >= 11 is 0. The minimum atomic E-state index is -0.456. The molecule has 5 heteroatoms. The lowest BCUT2D eigenvalue weighted by atomic mass is 10.1. The minimum Gasteiger partial charge on any atom is -0.461 e. The number of nitrogens with two attached hydrogens (primary N) is 1. The number of aromatic nitrogens is 1. The molecule has 0 radical (unpaired) electrons. The third-order valence-corrected chi connectivity index (χ3v) is 2.61. The number of nitrogens with one attached hydrogen (secondary N) is 1. The Morgan fingerprint density at radius 2 is 2.15 bits per heavy atom. The molecule has 0 spiro atoms. The zero-order valence-electron chi connectivity index (χ0n) is 11.0. The van der Waals surface area contributed by atoms with Crippen molar-refractivity contribution in [2.45, 2.75) is 13.3 Å². The molecule has 1 aromatic heterocycles. The molecule has 1 aromatic carbocycles. The molecule has 2 aromatic rings. The van der Waals surface area contributed by atoms with Gasteiger partial charge in [0.2, 0.25) is 5.91 Å². The zero-order valence-corrected chi connectivity index (χ0v) is 11.0. The van der Waals surface area contributed by atoms with Gasteiger partial charge in [-0.3, -0.25) is 4.79 Å². The second kappa shape index (κ2) is 5.93. The highest BCUT2D eigenvalue weighted by Gasteiger charge is 2.09. The first-order chi connectivity index (χ1) is 9.60. The molecule has 0 saturated heterocycles. The van der Waals surface area contributed by atoms with Gasteiger partial charge in [-0.25, -0.2) is 4.79 Å². The van der Waals surface area contributed by atoms with Gasteiger partial charge in [-0.15, -0.1) is 0 Å². The van der Waals surface area contributed by atoms with Crippen LogP contribution < -0.4 is 5.73 Å². The Morgan fingerprint density at radius 1 is 1.35 bits per heavy atom. The van der Waals surface area contributed by atoms with Crippen molar-refractivity contribution in [3.63, 3.8) is 0 Å². The number of fused-ring (bicyclic) bond motifs is 1. The van der Waals surface area contributed by atoms with Crippen molar-refractivity contribution >= 4 is 22.8 Å². The predicted octanol–water partition coefficient (Wildman–Crippen LogP) is 1.57. The van der Waals surface area contributed by atoms with Crippen LogP contribution in [-0.2, 0) is 9.53 Å². The fourth-order valence-corrected chi connectivity index (χ4v) is 1.76. The number of ether oxygens (including phenoxy) is 1. The van der Waals surface area contributed by atoms with E-state index < -0.39 is 5.91 Å². The molecule has 3 N–H and O–H groups in total. The first kappa shape index (κ1) is 13.7. The fraction of sp³-hybridized carbons (Fsp3) is 0.200. The summed E-state index contributed by atoms with van der Waals surface area (Å²) in [6, 6.07) is 7.21. The Kier molecular flexibility index (Phi) is 4.06. The molecule has 0 bridgehead atoms. The van der Waals surface area contributed by atoms with Gasteiger partial charge < -0.3 is 15.5 Å². The Balaban J connectivity index is 2.27. The topological polar surface area (TPSA) is 85.2 Å². The third-order valence-electron chi connectivity index (χ3n) is 2.61. The highest BCUT2D eigenvalue weighted by atomic mass is 16.5. The van der Waals surface area contributed by atoms with E-state index in [1.807, 2.05) is 18.2 Å². The lowest BCUT2D eigenvalue weighted by Crippen LogP contribution is -2.08. The second-order valence-electron chi connectivity index (χ2n) is 4.15. The summed E-state index contributed by atoms with van der Waals surface area (Å²) in [5.74, 6) is 4.69. The number of benzene rings is 1. The molecule has 0 fully saturated rings. The number of primary amides is 1. The number of hydrogen-bond donors (Lipinski definition) is 2. The van der Waals surface area contributed by atoms with Gasteiger partial charge in [0.25, 0.3) is 0 Å². The van der Waals surface area contributed by atoms with E-state index in [4.69, 9.17) is 10.5 Å². The zero-order chi connectivity index (χ0) is 14.5. The molecule has 0 aliphatic carbocycles. The molecule has 1 heterocycles. The van der Waals surface area contributed by atoms with Gasteiger partial charge >= 0.3 is 5.97 Å². The molecule has 2 rings (SSSR count). The van der Waals surface area contributed by atoms with Crippen molar-refractivity contribution in [1.29, 1.82) is 0 Å². The maximum Gasteiger partial charge on any atom is 0.354 e. The van der Waals surface area contributed by atoms with Crippen LogP contribution in [0.15, 0.2) is 24.3 Å². The van der Waals surface area contributed by atoms with Crippen LogP contribution in [0.25, 0.3) is 10.9 Å². The van der Waals surface area contributed by atoms with Crippen molar-refractivity contribution in [3.05, 3.63) is 35.5 Å². The van der Waals surface area contributed by atoms with Gasteiger partial charge in [0.05, 0.1) is 13.0 Å². The van der Waals surface area contributed by atoms with Crippen LogP contribution in [0, 0.1) is 11.8 Å². The Hall–Kier alpha value is -2.74. The van der Waals surface area contributed by atoms with E-state index in [1.165, 1.54) is 0 Å². The van der Waals surface area contributed by atoms with Crippen LogP contribution in [0.2, 0.25) is 0 Å². The van der Waals surface area contributed by atoms with Gasteiger partial charge in [0.15, 0.2) is 0 Å². The standard InChI is InChI=1S/C15H14N2O3/c1-2-20-15(19)13-9-11-7-6-10(8-12(11)17-13)4-3-5-14(16)18/h6-9,17H,2,5H2,1H3,(H2,16,18). The van der Waals surface area contributed by atoms with Gasteiger partial charge in [-0.05, 0) is 25.1 Å².